The highest BCUT2D eigenvalue weighted by Crippen LogP contribution is 2.29. The van der Waals surface area contributed by atoms with Crippen molar-refractivity contribution in [3.63, 3.8) is 0 Å². The second-order valence-electron chi connectivity index (χ2n) is 5.24. The molecule has 2 rings (SSSR count). The van der Waals surface area contributed by atoms with Crippen molar-refractivity contribution >= 4 is 11.6 Å². The molecule has 0 heterocycles. The van der Waals surface area contributed by atoms with E-state index in [1.54, 1.807) is 0 Å². The quantitative estimate of drug-likeness (QED) is 0.885. The smallest absolute Gasteiger partial charge is 0.226 e. The Morgan fingerprint density at radius 1 is 1.21 bits per heavy atom. The highest BCUT2D eigenvalue weighted by atomic mass is 19.1. The molecule has 0 spiro atoms. The number of benzene rings is 1. The number of carbonyl (C=O) groups excluding carboxylic acids is 1. The van der Waals surface area contributed by atoms with E-state index in [2.05, 4.69) is 5.32 Å². The van der Waals surface area contributed by atoms with Crippen LogP contribution in [-0.2, 0) is 4.79 Å². The van der Waals surface area contributed by atoms with Crippen LogP contribution in [0.25, 0.3) is 0 Å². The summed E-state index contributed by atoms with van der Waals surface area (Å²) >= 11 is 0. The van der Waals surface area contributed by atoms with Crippen LogP contribution in [0, 0.1) is 11.6 Å². The molecule has 3 N–H and O–H groups in total. The number of carbonyl (C=O) groups is 1. The van der Waals surface area contributed by atoms with Crippen LogP contribution in [0.2, 0.25) is 0 Å². The molecule has 0 radical (unpaired) electrons. The fourth-order valence-electron chi connectivity index (χ4n) is 2.55. The van der Waals surface area contributed by atoms with Gasteiger partial charge in [0.05, 0.1) is 0 Å². The molecule has 1 aromatic rings. The Kier molecular flexibility index (Phi) is 4.14. The molecule has 0 unspecified atom stereocenters. The third kappa shape index (κ3) is 3.50. The maximum Gasteiger partial charge on any atom is 0.226 e. The minimum Gasteiger partial charge on any atom is -0.325 e. The van der Waals surface area contributed by atoms with Crippen LogP contribution in [0.5, 0.6) is 0 Å². The zero-order chi connectivity index (χ0) is 13.9. The van der Waals surface area contributed by atoms with E-state index in [-0.39, 0.29) is 6.42 Å². The van der Waals surface area contributed by atoms with Gasteiger partial charge in [0.1, 0.15) is 17.3 Å². The third-order valence-electron chi connectivity index (χ3n) is 3.59. The summed E-state index contributed by atoms with van der Waals surface area (Å²) in [4.78, 5) is 11.9. The zero-order valence-electron chi connectivity index (χ0n) is 10.7. The summed E-state index contributed by atoms with van der Waals surface area (Å²) in [6, 6.07) is 3.47. The second kappa shape index (κ2) is 5.65. The van der Waals surface area contributed by atoms with E-state index >= 15 is 0 Å². The summed E-state index contributed by atoms with van der Waals surface area (Å²) in [5.74, 6) is -1.99. The number of halogens is 2. The molecule has 3 nitrogen and oxygen atoms in total. The van der Waals surface area contributed by atoms with Gasteiger partial charge in [0, 0.05) is 12.0 Å². The number of hydrogen-bond acceptors (Lipinski definition) is 2. The molecular weight excluding hydrogens is 250 g/mol. The van der Waals surface area contributed by atoms with Crippen LogP contribution in [0.1, 0.15) is 38.5 Å². The van der Waals surface area contributed by atoms with Gasteiger partial charge in [-0.15, -0.1) is 0 Å². The van der Waals surface area contributed by atoms with Crippen molar-refractivity contribution in [1.29, 1.82) is 0 Å². The summed E-state index contributed by atoms with van der Waals surface area (Å²) in [5.41, 5.74) is 5.21. The molecule has 19 heavy (non-hydrogen) atoms. The topological polar surface area (TPSA) is 55.1 Å². The molecule has 0 saturated heterocycles. The first-order valence-electron chi connectivity index (χ1n) is 6.53. The Morgan fingerprint density at radius 2 is 1.79 bits per heavy atom. The van der Waals surface area contributed by atoms with E-state index in [1.807, 2.05) is 0 Å². The van der Waals surface area contributed by atoms with Gasteiger partial charge in [-0.3, -0.25) is 4.79 Å². The summed E-state index contributed by atoms with van der Waals surface area (Å²) in [7, 11) is 0. The van der Waals surface area contributed by atoms with Crippen molar-refractivity contribution in [3.8, 4) is 0 Å². The molecular formula is C14H18F2N2O. The van der Waals surface area contributed by atoms with Gasteiger partial charge in [-0.2, -0.15) is 0 Å². The Morgan fingerprint density at radius 3 is 2.37 bits per heavy atom. The number of hydrogen-bond donors (Lipinski definition) is 2. The highest BCUT2D eigenvalue weighted by molar-refractivity contribution is 5.91. The summed E-state index contributed by atoms with van der Waals surface area (Å²) in [5, 5.41) is 2.28. The lowest BCUT2D eigenvalue weighted by Crippen LogP contribution is -2.44. The van der Waals surface area contributed by atoms with Crippen LogP contribution < -0.4 is 11.1 Å². The lowest BCUT2D eigenvalue weighted by atomic mass is 9.80. The number of amides is 1. The third-order valence-corrected chi connectivity index (χ3v) is 3.59. The second-order valence-corrected chi connectivity index (χ2v) is 5.24. The van der Waals surface area contributed by atoms with Gasteiger partial charge in [-0.1, -0.05) is 25.3 Å². The van der Waals surface area contributed by atoms with Crippen molar-refractivity contribution in [2.24, 2.45) is 5.73 Å². The van der Waals surface area contributed by atoms with Crippen LogP contribution in [0.4, 0.5) is 14.5 Å². The van der Waals surface area contributed by atoms with Crippen molar-refractivity contribution < 1.29 is 13.6 Å². The predicted molar refractivity (Wildman–Crippen MR) is 69.6 cm³/mol. The van der Waals surface area contributed by atoms with E-state index in [1.165, 1.54) is 6.07 Å². The lowest BCUT2D eigenvalue weighted by molar-refractivity contribution is -0.117. The fourth-order valence-corrected chi connectivity index (χ4v) is 2.55. The van der Waals surface area contributed by atoms with E-state index < -0.39 is 28.8 Å². The van der Waals surface area contributed by atoms with Crippen LogP contribution in [-0.4, -0.2) is 11.4 Å². The number of para-hydroxylation sites is 1. The van der Waals surface area contributed by atoms with Gasteiger partial charge in [0.15, 0.2) is 0 Å². The number of anilines is 1. The van der Waals surface area contributed by atoms with E-state index in [9.17, 15) is 13.6 Å². The lowest BCUT2D eigenvalue weighted by Gasteiger charge is -2.32. The standard InChI is InChI=1S/C14H18F2N2O/c15-10-5-4-6-11(16)13(10)18-12(19)9-14(17)7-2-1-3-8-14/h4-6H,1-3,7-9,17H2,(H,18,19). The van der Waals surface area contributed by atoms with Crippen LogP contribution in [0.3, 0.4) is 0 Å². The molecule has 1 fully saturated rings. The van der Waals surface area contributed by atoms with Crippen molar-refractivity contribution in [2.75, 3.05) is 5.32 Å². The molecule has 1 aromatic carbocycles. The Balaban J connectivity index is 2.01. The van der Waals surface area contributed by atoms with Crippen LogP contribution in [0.15, 0.2) is 18.2 Å². The van der Waals surface area contributed by atoms with Gasteiger partial charge in [-0.25, -0.2) is 8.78 Å². The SMILES string of the molecule is NC1(CC(=O)Nc2c(F)cccc2F)CCCCC1. The molecule has 5 heteroatoms. The monoisotopic (exact) mass is 268 g/mol. The Hall–Kier alpha value is -1.49. The number of nitrogens with one attached hydrogen (secondary N) is 1. The van der Waals surface area contributed by atoms with E-state index in [0.29, 0.717) is 0 Å². The summed E-state index contributed by atoms with van der Waals surface area (Å²) in [6.45, 7) is 0. The Labute approximate surface area is 111 Å². The Bertz CT molecular complexity index is 450. The molecule has 0 atom stereocenters. The van der Waals surface area contributed by atoms with E-state index in [0.717, 1.165) is 44.2 Å². The first-order chi connectivity index (χ1) is 9.00. The molecule has 1 amide bonds. The largest absolute Gasteiger partial charge is 0.325 e. The maximum absolute atomic E-state index is 13.4. The van der Waals surface area contributed by atoms with Gasteiger partial charge >= 0.3 is 0 Å². The highest BCUT2D eigenvalue weighted by Gasteiger charge is 2.30. The first-order valence-corrected chi connectivity index (χ1v) is 6.53. The predicted octanol–water partition coefficient (Wildman–Crippen LogP) is 2.96. The number of rotatable bonds is 3. The van der Waals surface area contributed by atoms with Gasteiger partial charge in [0.2, 0.25) is 5.91 Å². The minimum absolute atomic E-state index is 0.0980. The van der Waals surface area contributed by atoms with Gasteiger partial charge in [0.25, 0.3) is 0 Å². The molecule has 1 saturated carbocycles. The average molecular weight is 268 g/mol. The van der Waals surface area contributed by atoms with Gasteiger partial charge < -0.3 is 11.1 Å². The maximum atomic E-state index is 13.4. The van der Waals surface area contributed by atoms with Gasteiger partial charge in [-0.05, 0) is 25.0 Å². The molecule has 0 aromatic heterocycles. The minimum atomic E-state index is -0.775. The van der Waals surface area contributed by atoms with Crippen molar-refractivity contribution in [1.82, 2.24) is 0 Å². The fraction of sp³-hybridized carbons (Fsp3) is 0.500. The average Bonchev–Trinajstić information content (AvgIpc) is 2.34. The molecule has 1 aliphatic carbocycles. The van der Waals surface area contributed by atoms with E-state index in [4.69, 9.17) is 5.73 Å². The summed E-state index contributed by atoms with van der Waals surface area (Å²) in [6.07, 6.45) is 4.78. The molecule has 1 aliphatic rings. The summed E-state index contributed by atoms with van der Waals surface area (Å²) < 4.78 is 26.8. The molecule has 104 valence electrons. The van der Waals surface area contributed by atoms with Crippen LogP contribution >= 0.6 is 0 Å². The number of nitrogens with two attached hydrogens (primary N) is 1. The van der Waals surface area contributed by atoms with Crippen molar-refractivity contribution in [2.45, 2.75) is 44.1 Å². The molecule has 0 bridgehead atoms. The van der Waals surface area contributed by atoms with Crippen molar-refractivity contribution in [3.05, 3.63) is 29.8 Å². The molecule has 0 aliphatic heterocycles. The zero-order valence-corrected chi connectivity index (χ0v) is 10.7. The first kappa shape index (κ1) is 13.9. The normalized spacial score (nSPS) is 18.1.